The Labute approximate surface area is 108 Å². The summed E-state index contributed by atoms with van der Waals surface area (Å²) in [6.45, 7) is 2.95. The van der Waals surface area contributed by atoms with Gasteiger partial charge >= 0.3 is 5.97 Å². The van der Waals surface area contributed by atoms with E-state index in [9.17, 15) is 13.2 Å². The third-order valence-corrected chi connectivity index (χ3v) is 4.84. The number of sulfonamides is 1. The van der Waals surface area contributed by atoms with Gasteiger partial charge in [0.15, 0.2) is 0 Å². The molecule has 0 aromatic rings. The molecule has 1 heterocycles. The van der Waals surface area contributed by atoms with Gasteiger partial charge in [0.2, 0.25) is 10.0 Å². The van der Waals surface area contributed by atoms with E-state index in [1.54, 1.807) is 0 Å². The van der Waals surface area contributed by atoms with Crippen molar-refractivity contribution in [2.75, 3.05) is 32.1 Å². The normalized spacial score (nSPS) is 20.4. The number of hydrogen-bond acceptors (Lipinski definition) is 4. The molecule has 1 atom stereocenters. The minimum atomic E-state index is -3.47. The van der Waals surface area contributed by atoms with Gasteiger partial charge in [0.25, 0.3) is 0 Å². The molecule has 7 heteroatoms. The Morgan fingerprint density at radius 3 is 2.72 bits per heavy atom. The van der Waals surface area contributed by atoms with Crippen LogP contribution in [0.25, 0.3) is 0 Å². The Morgan fingerprint density at radius 1 is 1.50 bits per heavy atom. The summed E-state index contributed by atoms with van der Waals surface area (Å²) in [5.41, 5.74) is 0. The van der Waals surface area contributed by atoms with Crippen LogP contribution in [0, 0.1) is 5.92 Å². The van der Waals surface area contributed by atoms with Crippen LogP contribution < -0.4 is 0 Å². The van der Waals surface area contributed by atoms with Gasteiger partial charge in [0.1, 0.15) is 6.54 Å². The fourth-order valence-electron chi connectivity index (χ4n) is 1.97. The second-order valence-corrected chi connectivity index (χ2v) is 6.65. The Hall–Kier alpha value is -0.660. The van der Waals surface area contributed by atoms with Crippen LogP contribution in [0.5, 0.6) is 0 Å². The molecule has 0 radical (unpaired) electrons. The zero-order valence-electron chi connectivity index (χ0n) is 10.7. The van der Waals surface area contributed by atoms with Crippen LogP contribution in [-0.4, -0.2) is 55.9 Å². The first-order valence-electron chi connectivity index (χ1n) is 6.23. The maximum absolute atomic E-state index is 12.0. The lowest BCUT2D eigenvalue weighted by molar-refractivity contribution is -0.137. The monoisotopic (exact) mass is 279 g/mol. The van der Waals surface area contributed by atoms with Gasteiger partial charge in [-0.2, -0.15) is 4.31 Å². The molecule has 0 aromatic carbocycles. The van der Waals surface area contributed by atoms with E-state index in [4.69, 9.17) is 9.84 Å². The molecule has 1 fully saturated rings. The predicted molar refractivity (Wildman–Crippen MR) is 66.8 cm³/mol. The molecular formula is C11H21NO5S. The van der Waals surface area contributed by atoms with Crippen molar-refractivity contribution in [3.05, 3.63) is 0 Å². The first-order chi connectivity index (χ1) is 8.45. The maximum atomic E-state index is 12.0. The van der Waals surface area contributed by atoms with Crippen molar-refractivity contribution in [1.82, 2.24) is 4.31 Å². The SMILES string of the molecule is CCCN(CC(=O)O)S(=O)(=O)CCC1CCOC1. The minimum Gasteiger partial charge on any atom is -0.480 e. The van der Waals surface area contributed by atoms with Gasteiger partial charge in [-0.1, -0.05) is 6.92 Å². The molecule has 1 N–H and O–H groups in total. The standard InChI is InChI=1S/C11H21NO5S/c1-2-5-12(8-11(13)14)18(15,16)7-4-10-3-6-17-9-10/h10H,2-9H2,1H3,(H,13,14). The van der Waals surface area contributed by atoms with Gasteiger partial charge in [-0.15, -0.1) is 0 Å². The molecular weight excluding hydrogens is 258 g/mol. The number of carboxylic acids is 1. The fourth-order valence-corrected chi connectivity index (χ4v) is 3.63. The molecule has 0 bridgehead atoms. The number of nitrogens with zero attached hydrogens (tertiary/aromatic N) is 1. The largest absolute Gasteiger partial charge is 0.480 e. The minimum absolute atomic E-state index is 0.00824. The van der Waals surface area contributed by atoms with Crippen LogP contribution in [0.15, 0.2) is 0 Å². The summed E-state index contributed by atoms with van der Waals surface area (Å²) in [6.07, 6.45) is 2.05. The average molecular weight is 279 g/mol. The van der Waals surface area contributed by atoms with Gasteiger partial charge in [0, 0.05) is 19.8 Å². The quantitative estimate of drug-likeness (QED) is 0.701. The highest BCUT2D eigenvalue weighted by Gasteiger charge is 2.26. The third-order valence-electron chi connectivity index (χ3n) is 2.99. The van der Waals surface area contributed by atoms with Gasteiger partial charge in [-0.05, 0) is 25.2 Å². The highest BCUT2D eigenvalue weighted by molar-refractivity contribution is 7.89. The van der Waals surface area contributed by atoms with Crippen LogP contribution in [0.1, 0.15) is 26.2 Å². The second kappa shape index (κ2) is 7.06. The molecule has 6 nitrogen and oxygen atoms in total. The van der Waals surface area contributed by atoms with Crippen LogP contribution in [0.4, 0.5) is 0 Å². The van der Waals surface area contributed by atoms with Crippen LogP contribution in [-0.2, 0) is 19.6 Å². The summed E-state index contributed by atoms with van der Waals surface area (Å²) in [5, 5.41) is 8.73. The molecule has 18 heavy (non-hydrogen) atoms. The molecule has 1 aliphatic heterocycles. The topological polar surface area (TPSA) is 83.9 Å². The molecule has 1 saturated heterocycles. The fraction of sp³-hybridized carbons (Fsp3) is 0.909. The number of rotatable bonds is 8. The summed E-state index contributed by atoms with van der Waals surface area (Å²) < 4.78 is 30.3. The molecule has 0 amide bonds. The smallest absolute Gasteiger partial charge is 0.318 e. The van der Waals surface area contributed by atoms with Crippen molar-refractivity contribution in [2.24, 2.45) is 5.92 Å². The first-order valence-corrected chi connectivity index (χ1v) is 7.84. The zero-order chi connectivity index (χ0) is 13.6. The Balaban J connectivity index is 2.53. The average Bonchev–Trinajstić information content (AvgIpc) is 2.78. The van der Waals surface area contributed by atoms with Crippen molar-refractivity contribution in [3.8, 4) is 0 Å². The summed E-state index contributed by atoms with van der Waals surface area (Å²) in [6, 6.07) is 0. The van der Waals surface area contributed by atoms with Gasteiger partial charge in [-0.25, -0.2) is 8.42 Å². The molecule has 0 aliphatic carbocycles. The molecule has 1 rings (SSSR count). The lowest BCUT2D eigenvalue weighted by atomic mass is 10.1. The number of carboxylic acid groups (broad SMARTS) is 1. The summed E-state index contributed by atoms with van der Waals surface area (Å²) in [7, 11) is -3.47. The maximum Gasteiger partial charge on any atom is 0.318 e. The first kappa shape index (κ1) is 15.4. The number of hydrogen-bond donors (Lipinski definition) is 1. The van der Waals surface area contributed by atoms with Crippen molar-refractivity contribution in [2.45, 2.75) is 26.2 Å². The van der Waals surface area contributed by atoms with Crippen molar-refractivity contribution >= 4 is 16.0 Å². The highest BCUT2D eigenvalue weighted by atomic mass is 32.2. The second-order valence-electron chi connectivity index (χ2n) is 4.56. The van der Waals surface area contributed by atoms with E-state index in [0.717, 1.165) is 10.7 Å². The molecule has 1 unspecified atom stereocenters. The van der Waals surface area contributed by atoms with E-state index in [-0.39, 0.29) is 18.2 Å². The lowest BCUT2D eigenvalue weighted by Crippen LogP contribution is -2.38. The van der Waals surface area contributed by atoms with Gasteiger partial charge in [0.05, 0.1) is 5.75 Å². The van der Waals surface area contributed by atoms with Crippen LogP contribution >= 0.6 is 0 Å². The Kier molecular flexibility index (Phi) is 6.04. The molecule has 0 aromatic heterocycles. The molecule has 1 aliphatic rings. The third kappa shape index (κ3) is 4.91. The highest BCUT2D eigenvalue weighted by Crippen LogP contribution is 2.18. The lowest BCUT2D eigenvalue weighted by Gasteiger charge is -2.20. The van der Waals surface area contributed by atoms with Crippen molar-refractivity contribution in [3.63, 3.8) is 0 Å². The summed E-state index contributed by atoms with van der Waals surface area (Å²) >= 11 is 0. The van der Waals surface area contributed by atoms with Gasteiger partial charge < -0.3 is 9.84 Å². The van der Waals surface area contributed by atoms with Crippen LogP contribution in [0.2, 0.25) is 0 Å². The van der Waals surface area contributed by atoms with Crippen molar-refractivity contribution in [1.29, 1.82) is 0 Å². The summed E-state index contributed by atoms with van der Waals surface area (Å²) in [5.74, 6) is -0.821. The Bertz CT molecular complexity index is 362. The number of aliphatic carboxylic acids is 1. The van der Waals surface area contributed by atoms with E-state index < -0.39 is 22.5 Å². The van der Waals surface area contributed by atoms with E-state index in [1.807, 2.05) is 6.92 Å². The van der Waals surface area contributed by atoms with E-state index in [0.29, 0.717) is 26.1 Å². The van der Waals surface area contributed by atoms with Crippen LogP contribution in [0.3, 0.4) is 0 Å². The number of carbonyl (C=O) groups is 1. The van der Waals surface area contributed by atoms with E-state index in [1.165, 1.54) is 0 Å². The Morgan fingerprint density at radius 2 is 2.22 bits per heavy atom. The van der Waals surface area contributed by atoms with Gasteiger partial charge in [-0.3, -0.25) is 4.79 Å². The molecule has 106 valence electrons. The zero-order valence-corrected chi connectivity index (χ0v) is 11.5. The number of ether oxygens (including phenoxy) is 1. The molecule has 0 spiro atoms. The van der Waals surface area contributed by atoms with E-state index in [2.05, 4.69) is 0 Å². The van der Waals surface area contributed by atoms with Crippen molar-refractivity contribution < 1.29 is 23.1 Å². The summed E-state index contributed by atoms with van der Waals surface area (Å²) in [4.78, 5) is 10.7. The molecule has 0 saturated carbocycles. The van der Waals surface area contributed by atoms with E-state index >= 15 is 0 Å². The predicted octanol–water partition coefficient (Wildman–Crippen LogP) is 0.539.